The van der Waals surface area contributed by atoms with E-state index >= 15 is 0 Å². The number of nitrogens with zero attached hydrogens (tertiary/aromatic N) is 5. The highest BCUT2D eigenvalue weighted by Crippen LogP contribution is 2.29. The highest BCUT2D eigenvalue weighted by Gasteiger charge is 2.26. The van der Waals surface area contributed by atoms with Crippen LogP contribution in [0.1, 0.15) is 30.7 Å². The van der Waals surface area contributed by atoms with Crippen molar-refractivity contribution in [3.05, 3.63) is 36.0 Å². The molecule has 1 fully saturated rings. The molecule has 0 bridgehead atoms. The molecular formula is C17H22N6. The number of aromatic amines is 1. The molecular weight excluding hydrogens is 288 g/mol. The second kappa shape index (κ2) is 5.68. The van der Waals surface area contributed by atoms with Crippen molar-refractivity contribution in [3.8, 4) is 0 Å². The molecule has 3 aromatic rings. The van der Waals surface area contributed by atoms with E-state index in [2.05, 4.69) is 55.6 Å². The van der Waals surface area contributed by atoms with Gasteiger partial charge in [-0.1, -0.05) is 0 Å². The number of piperidine rings is 1. The van der Waals surface area contributed by atoms with Crippen LogP contribution in [-0.4, -0.2) is 37.3 Å². The summed E-state index contributed by atoms with van der Waals surface area (Å²) in [6.45, 7) is 6.13. The van der Waals surface area contributed by atoms with E-state index in [9.17, 15) is 0 Å². The normalized spacial score (nSPS) is 18.7. The van der Waals surface area contributed by atoms with E-state index in [0.29, 0.717) is 6.04 Å². The molecule has 0 saturated carbocycles. The third-order valence-electron chi connectivity index (χ3n) is 4.72. The monoisotopic (exact) mass is 310 g/mol. The van der Waals surface area contributed by atoms with Crippen molar-refractivity contribution in [2.75, 3.05) is 11.4 Å². The third-order valence-corrected chi connectivity index (χ3v) is 4.72. The van der Waals surface area contributed by atoms with Gasteiger partial charge in [0.1, 0.15) is 17.8 Å². The minimum atomic E-state index is 0.426. The van der Waals surface area contributed by atoms with Crippen molar-refractivity contribution >= 4 is 16.9 Å². The van der Waals surface area contributed by atoms with E-state index in [1.807, 2.05) is 6.20 Å². The van der Waals surface area contributed by atoms with Crippen LogP contribution in [0.2, 0.25) is 0 Å². The van der Waals surface area contributed by atoms with E-state index < -0.39 is 0 Å². The minimum Gasteiger partial charge on any atom is -0.351 e. The summed E-state index contributed by atoms with van der Waals surface area (Å²) in [7, 11) is 0. The molecule has 6 nitrogen and oxygen atoms in total. The highest BCUT2D eigenvalue weighted by molar-refractivity contribution is 5.87. The van der Waals surface area contributed by atoms with Gasteiger partial charge >= 0.3 is 0 Å². The van der Waals surface area contributed by atoms with Crippen molar-refractivity contribution in [1.29, 1.82) is 0 Å². The molecule has 0 radical (unpaired) electrons. The van der Waals surface area contributed by atoms with Crippen LogP contribution in [-0.2, 0) is 6.54 Å². The zero-order valence-electron chi connectivity index (χ0n) is 13.7. The number of nitrogens with one attached hydrogen (secondary N) is 1. The van der Waals surface area contributed by atoms with Crippen molar-refractivity contribution in [3.63, 3.8) is 0 Å². The first-order valence-corrected chi connectivity index (χ1v) is 8.28. The average molecular weight is 310 g/mol. The number of hydrogen-bond acceptors (Lipinski definition) is 4. The molecule has 4 heterocycles. The molecule has 6 heteroatoms. The molecule has 0 aliphatic carbocycles. The summed E-state index contributed by atoms with van der Waals surface area (Å²) in [6.07, 6.45) is 7.24. The lowest BCUT2D eigenvalue weighted by molar-refractivity contribution is 0.393. The standard InChI is InChI=1S/C17H22N6/c1-12-9-13(2)23(21-12)10-14-5-3-4-8-22(14)17-15-6-7-18-16(15)19-11-20-17/h6-7,9,11,14H,3-5,8,10H2,1-2H3,(H,18,19,20). The van der Waals surface area contributed by atoms with Crippen molar-refractivity contribution < 1.29 is 0 Å². The zero-order chi connectivity index (χ0) is 15.8. The lowest BCUT2D eigenvalue weighted by atomic mass is 10.0. The van der Waals surface area contributed by atoms with E-state index in [1.165, 1.54) is 25.0 Å². The summed E-state index contributed by atoms with van der Waals surface area (Å²) < 4.78 is 2.13. The fraction of sp³-hybridized carbons (Fsp3) is 0.471. The lowest BCUT2D eigenvalue weighted by Gasteiger charge is -2.37. The van der Waals surface area contributed by atoms with Crippen LogP contribution in [0.4, 0.5) is 5.82 Å². The fourth-order valence-electron chi connectivity index (χ4n) is 3.62. The largest absolute Gasteiger partial charge is 0.351 e. The molecule has 1 unspecified atom stereocenters. The second-order valence-corrected chi connectivity index (χ2v) is 6.39. The van der Waals surface area contributed by atoms with Crippen LogP contribution in [0.15, 0.2) is 24.7 Å². The Hall–Kier alpha value is -2.37. The average Bonchev–Trinajstić information content (AvgIpc) is 3.14. The van der Waals surface area contributed by atoms with Crippen LogP contribution >= 0.6 is 0 Å². The second-order valence-electron chi connectivity index (χ2n) is 6.39. The van der Waals surface area contributed by atoms with Gasteiger partial charge in [0, 0.05) is 18.4 Å². The Bertz CT molecular complexity index is 817. The molecule has 23 heavy (non-hydrogen) atoms. The van der Waals surface area contributed by atoms with Crippen molar-refractivity contribution in [2.24, 2.45) is 0 Å². The van der Waals surface area contributed by atoms with E-state index in [1.54, 1.807) is 6.33 Å². The number of fused-ring (bicyclic) bond motifs is 1. The van der Waals surface area contributed by atoms with Gasteiger partial charge in [0.25, 0.3) is 0 Å². The first-order valence-electron chi connectivity index (χ1n) is 8.28. The Balaban J connectivity index is 1.68. The first kappa shape index (κ1) is 14.2. The molecule has 1 atom stereocenters. The molecule has 1 aliphatic heterocycles. The molecule has 4 rings (SSSR count). The third kappa shape index (κ3) is 2.58. The topological polar surface area (TPSA) is 62.6 Å². The van der Waals surface area contributed by atoms with Gasteiger partial charge in [0.15, 0.2) is 0 Å². The Labute approximate surface area is 135 Å². The number of aromatic nitrogens is 5. The van der Waals surface area contributed by atoms with Gasteiger partial charge < -0.3 is 9.88 Å². The Kier molecular flexibility index (Phi) is 3.52. The molecule has 3 aromatic heterocycles. The van der Waals surface area contributed by atoms with E-state index in [0.717, 1.165) is 35.6 Å². The first-order chi connectivity index (χ1) is 11.2. The Morgan fingerprint density at radius 3 is 3.00 bits per heavy atom. The van der Waals surface area contributed by atoms with Crippen LogP contribution in [0.5, 0.6) is 0 Å². The summed E-state index contributed by atoms with van der Waals surface area (Å²) >= 11 is 0. The van der Waals surface area contributed by atoms with Crippen LogP contribution in [0.25, 0.3) is 11.0 Å². The van der Waals surface area contributed by atoms with E-state index in [4.69, 9.17) is 0 Å². The van der Waals surface area contributed by atoms with Crippen molar-refractivity contribution in [2.45, 2.75) is 45.7 Å². The van der Waals surface area contributed by atoms with E-state index in [-0.39, 0.29) is 0 Å². The van der Waals surface area contributed by atoms with Crippen LogP contribution < -0.4 is 4.90 Å². The number of aryl methyl sites for hydroxylation is 2. The Morgan fingerprint density at radius 2 is 2.17 bits per heavy atom. The predicted molar refractivity (Wildman–Crippen MR) is 90.6 cm³/mol. The van der Waals surface area contributed by atoms with Gasteiger partial charge in [0.05, 0.1) is 23.7 Å². The van der Waals surface area contributed by atoms with Gasteiger partial charge in [-0.15, -0.1) is 0 Å². The number of H-pyrrole nitrogens is 1. The molecule has 1 saturated heterocycles. The summed E-state index contributed by atoms with van der Waals surface area (Å²) in [5, 5.41) is 5.74. The van der Waals surface area contributed by atoms with Gasteiger partial charge in [-0.3, -0.25) is 4.68 Å². The SMILES string of the molecule is Cc1cc(C)n(CC2CCCCN2c2ncnc3[nH]ccc23)n1. The number of anilines is 1. The molecule has 0 amide bonds. The fourth-order valence-corrected chi connectivity index (χ4v) is 3.62. The summed E-state index contributed by atoms with van der Waals surface area (Å²) in [5.74, 6) is 1.04. The molecule has 0 aromatic carbocycles. The molecule has 0 spiro atoms. The van der Waals surface area contributed by atoms with Gasteiger partial charge in [0.2, 0.25) is 0 Å². The van der Waals surface area contributed by atoms with Crippen LogP contribution in [0.3, 0.4) is 0 Å². The quantitative estimate of drug-likeness (QED) is 0.808. The number of rotatable bonds is 3. The molecule has 1 aliphatic rings. The smallest absolute Gasteiger partial charge is 0.142 e. The minimum absolute atomic E-state index is 0.426. The lowest BCUT2D eigenvalue weighted by Crippen LogP contribution is -2.43. The molecule has 1 N–H and O–H groups in total. The van der Waals surface area contributed by atoms with Crippen LogP contribution in [0, 0.1) is 13.8 Å². The maximum absolute atomic E-state index is 4.64. The zero-order valence-corrected chi connectivity index (χ0v) is 13.7. The van der Waals surface area contributed by atoms with Crippen molar-refractivity contribution in [1.82, 2.24) is 24.7 Å². The molecule has 120 valence electrons. The highest BCUT2D eigenvalue weighted by atomic mass is 15.3. The van der Waals surface area contributed by atoms with Gasteiger partial charge in [-0.05, 0) is 45.2 Å². The van der Waals surface area contributed by atoms with Gasteiger partial charge in [-0.25, -0.2) is 9.97 Å². The summed E-state index contributed by atoms with van der Waals surface area (Å²) in [4.78, 5) is 14.5. The maximum atomic E-state index is 4.64. The summed E-state index contributed by atoms with van der Waals surface area (Å²) in [5.41, 5.74) is 3.22. The number of hydrogen-bond donors (Lipinski definition) is 1. The maximum Gasteiger partial charge on any atom is 0.142 e. The van der Waals surface area contributed by atoms with Gasteiger partial charge in [-0.2, -0.15) is 5.10 Å². The Morgan fingerprint density at radius 1 is 1.26 bits per heavy atom. The summed E-state index contributed by atoms with van der Waals surface area (Å²) in [6, 6.07) is 4.64. The predicted octanol–water partition coefficient (Wildman–Crippen LogP) is 2.83.